The van der Waals surface area contributed by atoms with Gasteiger partial charge in [0.15, 0.2) is 0 Å². The molecule has 0 saturated carbocycles. The number of fused-ring (bicyclic) bond motifs is 1. The van der Waals surface area contributed by atoms with Crippen LogP contribution in [0.5, 0.6) is 0 Å². The molecule has 0 radical (unpaired) electrons. The number of carboxylic acids is 1. The lowest BCUT2D eigenvalue weighted by atomic mass is 10.2. The van der Waals surface area contributed by atoms with Gasteiger partial charge in [-0.25, -0.2) is 14.6 Å². The molecule has 0 bridgehead atoms. The lowest BCUT2D eigenvalue weighted by Gasteiger charge is -2.30. The van der Waals surface area contributed by atoms with Crippen molar-refractivity contribution in [1.82, 2.24) is 14.5 Å². The van der Waals surface area contributed by atoms with E-state index < -0.39 is 17.7 Å². The molecule has 1 aromatic rings. The number of carbonyl (C=O) groups is 2. The normalized spacial score (nSPS) is 15.0. The number of carboxylic acid groups (broad SMARTS) is 1. The van der Waals surface area contributed by atoms with Crippen molar-refractivity contribution < 1.29 is 19.4 Å². The molecule has 1 aliphatic heterocycles. The molecule has 0 unspecified atom stereocenters. The fraction of sp³-hybridized carbons (Fsp3) is 0.583. The fourth-order valence-electron chi connectivity index (χ4n) is 1.91. The molecule has 0 spiro atoms. The first-order valence-electron chi connectivity index (χ1n) is 6.03. The molecule has 0 atom stereocenters. The smallest absolute Gasteiger partial charge is 0.410 e. The molecule has 1 N–H and O–H groups in total. The predicted octanol–water partition coefficient (Wildman–Crippen LogP) is 1.33. The first-order chi connectivity index (χ1) is 8.78. The zero-order valence-corrected chi connectivity index (χ0v) is 11.2. The highest BCUT2D eigenvalue weighted by molar-refractivity contribution is 5.85. The minimum Gasteiger partial charge on any atom is -0.477 e. The monoisotopic (exact) mass is 267 g/mol. The van der Waals surface area contributed by atoms with Crippen LogP contribution in [0.1, 0.15) is 37.1 Å². The van der Waals surface area contributed by atoms with Crippen molar-refractivity contribution in [2.75, 3.05) is 6.54 Å². The number of amides is 1. The van der Waals surface area contributed by atoms with Crippen LogP contribution < -0.4 is 0 Å². The minimum absolute atomic E-state index is 0.152. The van der Waals surface area contributed by atoms with Crippen molar-refractivity contribution in [2.24, 2.45) is 0 Å². The second kappa shape index (κ2) is 4.56. The zero-order chi connectivity index (χ0) is 14.2. The highest BCUT2D eigenvalue weighted by Gasteiger charge is 2.28. The molecule has 2 heterocycles. The summed E-state index contributed by atoms with van der Waals surface area (Å²) in [5, 5.41) is 8.99. The molecule has 0 saturated heterocycles. The zero-order valence-electron chi connectivity index (χ0n) is 11.2. The van der Waals surface area contributed by atoms with Crippen molar-refractivity contribution in [3.8, 4) is 0 Å². The summed E-state index contributed by atoms with van der Waals surface area (Å²) in [6.45, 7) is 6.51. The van der Waals surface area contributed by atoms with Crippen molar-refractivity contribution in [2.45, 2.75) is 39.5 Å². The minimum atomic E-state index is -1.01. The second-order valence-electron chi connectivity index (χ2n) is 5.42. The van der Waals surface area contributed by atoms with Gasteiger partial charge >= 0.3 is 12.1 Å². The summed E-state index contributed by atoms with van der Waals surface area (Å²) in [5.41, 5.74) is -0.394. The lowest BCUT2D eigenvalue weighted by molar-refractivity contribution is 0.0194. The van der Waals surface area contributed by atoms with Crippen LogP contribution in [0.15, 0.2) is 6.20 Å². The maximum Gasteiger partial charge on any atom is 0.410 e. The summed E-state index contributed by atoms with van der Waals surface area (Å²) in [6, 6.07) is 0. The van der Waals surface area contributed by atoms with Crippen molar-refractivity contribution in [3.05, 3.63) is 17.7 Å². The van der Waals surface area contributed by atoms with Gasteiger partial charge in [0.05, 0.1) is 12.7 Å². The average molecular weight is 267 g/mol. The average Bonchev–Trinajstić information content (AvgIpc) is 2.68. The van der Waals surface area contributed by atoms with Gasteiger partial charge in [-0.1, -0.05) is 0 Å². The first kappa shape index (κ1) is 13.4. The molecular weight excluding hydrogens is 250 g/mol. The standard InChI is InChI=1S/C12H17N3O4/c1-12(2,3)19-11(18)14-4-5-15-8(10(16)17)6-13-9(15)7-14/h6H,4-5,7H2,1-3H3,(H,16,17). The van der Waals surface area contributed by atoms with Gasteiger partial charge in [0.1, 0.15) is 17.1 Å². The topological polar surface area (TPSA) is 84.7 Å². The van der Waals surface area contributed by atoms with E-state index in [1.807, 2.05) is 0 Å². The van der Waals surface area contributed by atoms with E-state index in [4.69, 9.17) is 9.84 Å². The van der Waals surface area contributed by atoms with Gasteiger partial charge in [0, 0.05) is 13.1 Å². The van der Waals surface area contributed by atoms with E-state index in [0.29, 0.717) is 18.9 Å². The molecular formula is C12H17N3O4. The highest BCUT2D eigenvalue weighted by atomic mass is 16.6. The van der Waals surface area contributed by atoms with Crippen LogP contribution in [0.25, 0.3) is 0 Å². The van der Waals surface area contributed by atoms with Gasteiger partial charge in [-0.15, -0.1) is 0 Å². The van der Waals surface area contributed by atoms with Gasteiger partial charge in [-0.3, -0.25) is 4.90 Å². The van der Waals surface area contributed by atoms with E-state index in [2.05, 4.69) is 4.98 Å². The molecule has 2 rings (SSSR count). The first-order valence-corrected chi connectivity index (χ1v) is 6.03. The Balaban J connectivity index is 2.11. The third kappa shape index (κ3) is 2.86. The van der Waals surface area contributed by atoms with Crippen molar-refractivity contribution in [1.29, 1.82) is 0 Å². The lowest BCUT2D eigenvalue weighted by Crippen LogP contribution is -2.42. The van der Waals surface area contributed by atoms with Crippen LogP contribution in [0.2, 0.25) is 0 Å². The number of aromatic carboxylic acids is 1. The molecule has 19 heavy (non-hydrogen) atoms. The van der Waals surface area contributed by atoms with Crippen LogP contribution >= 0.6 is 0 Å². The fourth-order valence-corrected chi connectivity index (χ4v) is 1.91. The Morgan fingerprint density at radius 3 is 2.63 bits per heavy atom. The molecule has 7 heteroatoms. The summed E-state index contributed by atoms with van der Waals surface area (Å²) in [4.78, 5) is 28.5. The number of rotatable bonds is 1. The molecule has 0 aromatic carbocycles. The molecule has 104 valence electrons. The van der Waals surface area contributed by atoms with Crippen LogP contribution in [-0.2, 0) is 17.8 Å². The number of hydrogen-bond donors (Lipinski definition) is 1. The summed E-state index contributed by atoms with van der Waals surface area (Å²) in [7, 11) is 0. The molecule has 0 aliphatic carbocycles. The maximum absolute atomic E-state index is 11.9. The Hall–Kier alpha value is -2.05. The highest BCUT2D eigenvalue weighted by Crippen LogP contribution is 2.17. The molecule has 1 aromatic heterocycles. The van der Waals surface area contributed by atoms with E-state index in [0.717, 1.165) is 0 Å². The molecule has 7 nitrogen and oxygen atoms in total. The second-order valence-corrected chi connectivity index (χ2v) is 5.42. The Morgan fingerprint density at radius 1 is 1.37 bits per heavy atom. The van der Waals surface area contributed by atoms with Crippen LogP contribution in [-0.4, -0.2) is 43.8 Å². The number of nitrogens with zero attached hydrogens (tertiary/aromatic N) is 3. The van der Waals surface area contributed by atoms with Crippen LogP contribution in [0.4, 0.5) is 4.79 Å². The van der Waals surface area contributed by atoms with Crippen molar-refractivity contribution in [3.63, 3.8) is 0 Å². The number of ether oxygens (including phenoxy) is 1. The molecule has 1 amide bonds. The van der Waals surface area contributed by atoms with Gasteiger partial charge < -0.3 is 14.4 Å². The maximum atomic E-state index is 11.9. The number of imidazole rings is 1. The van der Waals surface area contributed by atoms with E-state index in [9.17, 15) is 9.59 Å². The van der Waals surface area contributed by atoms with E-state index in [1.54, 1.807) is 25.3 Å². The van der Waals surface area contributed by atoms with Crippen LogP contribution in [0.3, 0.4) is 0 Å². The quantitative estimate of drug-likeness (QED) is 0.829. The van der Waals surface area contributed by atoms with Gasteiger partial charge in [-0.2, -0.15) is 0 Å². The summed E-state index contributed by atoms with van der Waals surface area (Å²) >= 11 is 0. The Morgan fingerprint density at radius 2 is 2.05 bits per heavy atom. The summed E-state index contributed by atoms with van der Waals surface area (Å²) < 4.78 is 6.89. The SMILES string of the molecule is CC(C)(C)OC(=O)N1CCn2c(C(=O)O)cnc2C1. The van der Waals surface area contributed by atoms with E-state index >= 15 is 0 Å². The Labute approximate surface area is 110 Å². The number of aromatic nitrogens is 2. The summed E-state index contributed by atoms with van der Waals surface area (Å²) in [6.07, 6.45) is 0.912. The third-order valence-electron chi connectivity index (χ3n) is 2.73. The number of carbonyl (C=O) groups excluding carboxylic acids is 1. The van der Waals surface area contributed by atoms with Gasteiger partial charge in [-0.05, 0) is 20.8 Å². The third-order valence-corrected chi connectivity index (χ3v) is 2.73. The van der Waals surface area contributed by atoms with Crippen molar-refractivity contribution >= 4 is 12.1 Å². The van der Waals surface area contributed by atoms with E-state index in [-0.39, 0.29) is 12.2 Å². The predicted molar refractivity (Wildman–Crippen MR) is 65.8 cm³/mol. The molecule has 0 fully saturated rings. The van der Waals surface area contributed by atoms with Gasteiger partial charge in [0.2, 0.25) is 0 Å². The van der Waals surface area contributed by atoms with E-state index in [1.165, 1.54) is 11.1 Å². The largest absolute Gasteiger partial charge is 0.477 e. The summed E-state index contributed by atoms with van der Waals surface area (Å²) in [5.74, 6) is -0.445. The Kier molecular flexibility index (Phi) is 3.21. The Bertz CT molecular complexity index is 516. The number of hydrogen-bond acceptors (Lipinski definition) is 4. The van der Waals surface area contributed by atoms with Gasteiger partial charge in [0.25, 0.3) is 0 Å². The van der Waals surface area contributed by atoms with Crippen LogP contribution in [0, 0.1) is 0 Å². The molecule has 1 aliphatic rings.